The van der Waals surface area contributed by atoms with Crippen molar-refractivity contribution in [2.45, 2.75) is 354 Å². The third-order valence-corrected chi connectivity index (χ3v) is 15.2. The molecule has 0 saturated carbocycles. The van der Waals surface area contributed by atoms with E-state index in [-0.39, 0.29) is 31.1 Å². The summed E-state index contributed by atoms with van der Waals surface area (Å²) in [5.74, 6) is -0.902. The van der Waals surface area contributed by atoms with Gasteiger partial charge in [0.15, 0.2) is 6.10 Å². The molecule has 0 fully saturated rings. The van der Waals surface area contributed by atoms with Gasteiger partial charge in [0.05, 0.1) is 0 Å². The average Bonchev–Trinajstić information content (AvgIpc) is 3.46. The van der Waals surface area contributed by atoms with Gasteiger partial charge in [-0.1, -0.05) is 337 Å². The molecule has 0 aliphatic heterocycles. The third-order valence-electron chi connectivity index (χ3n) is 15.2. The van der Waals surface area contributed by atoms with Crippen molar-refractivity contribution in [3.63, 3.8) is 0 Å². The van der Waals surface area contributed by atoms with Crippen LogP contribution in [0.1, 0.15) is 348 Å². The van der Waals surface area contributed by atoms with E-state index in [2.05, 4.69) is 106 Å². The van der Waals surface area contributed by atoms with Crippen LogP contribution in [0.3, 0.4) is 0 Å². The highest BCUT2D eigenvalue weighted by molar-refractivity contribution is 5.71. The first kappa shape index (κ1) is 76.6. The lowest BCUT2D eigenvalue weighted by Crippen LogP contribution is -2.30. The van der Waals surface area contributed by atoms with E-state index in [0.717, 1.165) is 109 Å². The van der Waals surface area contributed by atoms with Crippen molar-refractivity contribution >= 4 is 17.9 Å². The van der Waals surface area contributed by atoms with Gasteiger partial charge in [0, 0.05) is 19.3 Å². The minimum atomic E-state index is -0.793. The Morgan fingerprint density at radius 1 is 0.263 bits per heavy atom. The zero-order valence-electron chi connectivity index (χ0n) is 53.1. The first-order chi connectivity index (χ1) is 39.5. The Bertz CT molecular complexity index is 1520. The molecular weight excluding hydrogens is 985 g/mol. The van der Waals surface area contributed by atoms with Crippen LogP contribution in [-0.2, 0) is 28.6 Å². The molecule has 0 amide bonds. The number of carbonyl (C=O) groups excluding carboxylic acids is 3. The number of rotatable bonds is 63. The number of esters is 3. The van der Waals surface area contributed by atoms with Gasteiger partial charge in [-0.05, 0) is 77.0 Å². The fraction of sp³-hybridized carbons (Fsp3) is 0.770. The SMILES string of the molecule is CC/C=C\C/C=C\C/C=C\C/C=C\C/C=C\C/C=C\C/C=C\CCCCCC(=O)OC(COC(=O)CCCCCCCCCCCCC)COC(=O)CCCCCCCCCCCCCCCCCCCCCCCCCCCC. The van der Waals surface area contributed by atoms with Crippen LogP contribution < -0.4 is 0 Å². The van der Waals surface area contributed by atoms with Gasteiger partial charge in [-0.25, -0.2) is 0 Å². The number of allylic oxidation sites excluding steroid dienone is 14. The average molecular weight is 1120 g/mol. The lowest BCUT2D eigenvalue weighted by Gasteiger charge is -2.18. The maximum Gasteiger partial charge on any atom is 0.306 e. The predicted octanol–water partition coefficient (Wildman–Crippen LogP) is 23.8. The van der Waals surface area contributed by atoms with E-state index in [1.54, 1.807) is 0 Å². The predicted molar refractivity (Wildman–Crippen MR) is 348 cm³/mol. The molecule has 0 aromatic heterocycles. The number of hydrogen-bond donors (Lipinski definition) is 0. The quantitative estimate of drug-likeness (QED) is 0.0261. The smallest absolute Gasteiger partial charge is 0.306 e. The topological polar surface area (TPSA) is 78.9 Å². The molecule has 1 atom stereocenters. The Morgan fingerprint density at radius 2 is 0.487 bits per heavy atom. The van der Waals surface area contributed by atoms with Crippen LogP contribution in [-0.4, -0.2) is 37.2 Å². The molecule has 6 nitrogen and oxygen atoms in total. The summed E-state index contributed by atoms with van der Waals surface area (Å²) in [5, 5.41) is 0. The van der Waals surface area contributed by atoms with E-state index in [1.807, 2.05) is 0 Å². The molecule has 6 heteroatoms. The van der Waals surface area contributed by atoms with Crippen LogP contribution >= 0.6 is 0 Å². The highest BCUT2D eigenvalue weighted by Crippen LogP contribution is 2.18. The molecule has 1 unspecified atom stereocenters. The molecule has 0 heterocycles. The van der Waals surface area contributed by atoms with Crippen LogP contribution in [0, 0.1) is 0 Å². The van der Waals surface area contributed by atoms with Crippen LogP contribution in [0.5, 0.6) is 0 Å². The summed E-state index contributed by atoms with van der Waals surface area (Å²) >= 11 is 0. The summed E-state index contributed by atoms with van der Waals surface area (Å²) in [6, 6.07) is 0. The first-order valence-electron chi connectivity index (χ1n) is 34.6. The number of unbranched alkanes of at least 4 members (excludes halogenated alkanes) is 38. The molecule has 0 rings (SSSR count). The van der Waals surface area contributed by atoms with Gasteiger partial charge in [0.2, 0.25) is 0 Å². The summed E-state index contributed by atoms with van der Waals surface area (Å²) < 4.78 is 16.9. The minimum Gasteiger partial charge on any atom is -0.462 e. The maximum atomic E-state index is 12.9. The minimum absolute atomic E-state index is 0.0860. The second kappa shape index (κ2) is 68.1. The van der Waals surface area contributed by atoms with Crippen molar-refractivity contribution in [3.8, 4) is 0 Å². The van der Waals surface area contributed by atoms with Crippen molar-refractivity contribution in [2.75, 3.05) is 13.2 Å². The summed E-state index contributed by atoms with van der Waals surface area (Å²) in [6.45, 7) is 6.54. The van der Waals surface area contributed by atoms with E-state index in [0.29, 0.717) is 19.3 Å². The van der Waals surface area contributed by atoms with Crippen molar-refractivity contribution in [1.82, 2.24) is 0 Å². The van der Waals surface area contributed by atoms with Crippen molar-refractivity contribution in [1.29, 1.82) is 0 Å². The molecule has 0 spiro atoms. The number of carbonyl (C=O) groups is 3. The van der Waals surface area contributed by atoms with Gasteiger partial charge in [0.1, 0.15) is 13.2 Å². The largest absolute Gasteiger partial charge is 0.462 e. The molecule has 0 aliphatic carbocycles. The molecular formula is C74H130O6. The molecule has 0 radical (unpaired) electrons. The van der Waals surface area contributed by atoms with E-state index < -0.39 is 6.10 Å². The van der Waals surface area contributed by atoms with Crippen LogP contribution in [0.2, 0.25) is 0 Å². The van der Waals surface area contributed by atoms with Crippen LogP contribution in [0.15, 0.2) is 85.1 Å². The zero-order valence-corrected chi connectivity index (χ0v) is 53.1. The van der Waals surface area contributed by atoms with Crippen molar-refractivity contribution in [2.24, 2.45) is 0 Å². The van der Waals surface area contributed by atoms with Gasteiger partial charge < -0.3 is 14.2 Å². The highest BCUT2D eigenvalue weighted by Gasteiger charge is 2.19. The normalized spacial score (nSPS) is 12.6. The van der Waals surface area contributed by atoms with Gasteiger partial charge in [-0.2, -0.15) is 0 Å². The van der Waals surface area contributed by atoms with Gasteiger partial charge >= 0.3 is 17.9 Å². The summed E-state index contributed by atoms with van der Waals surface area (Å²) in [5.41, 5.74) is 0. The first-order valence-corrected chi connectivity index (χ1v) is 34.6. The van der Waals surface area contributed by atoms with Crippen LogP contribution in [0.4, 0.5) is 0 Å². The summed E-state index contributed by atoms with van der Waals surface area (Å²) in [7, 11) is 0. The molecule has 0 N–H and O–H groups in total. The molecule has 0 bridgehead atoms. The van der Waals surface area contributed by atoms with E-state index in [1.165, 1.54) is 199 Å². The Hall–Kier alpha value is -3.41. The molecule has 462 valence electrons. The molecule has 0 aliphatic rings. The van der Waals surface area contributed by atoms with E-state index in [9.17, 15) is 14.4 Å². The molecule has 0 saturated heterocycles. The Morgan fingerprint density at radius 3 is 0.762 bits per heavy atom. The number of hydrogen-bond acceptors (Lipinski definition) is 6. The van der Waals surface area contributed by atoms with Gasteiger partial charge in [-0.15, -0.1) is 0 Å². The molecule has 0 aromatic carbocycles. The second-order valence-electron chi connectivity index (χ2n) is 23.1. The van der Waals surface area contributed by atoms with Crippen molar-refractivity contribution < 1.29 is 28.6 Å². The fourth-order valence-corrected chi connectivity index (χ4v) is 10.0. The van der Waals surface area contributed by atoms with Crippen LogP contribution in [0.25, 0.3) is 0 Å². The maximum absolute atomic E-state index is 12.9. The Labute approximate surface area is 496 Å². The zero-order chi connectivity index (χ0) is 57.8. The second-order valence-corrected chi connectivity index (χ2v) is 23.1. The lowest BCUT2D eigenvalue weighted by molar-refractivity contribution is -0.167. The van der Waals surface area contributed by atoms with E-state index >= 15 is 0 Å². The van der Waals surface area contributed by atoms with Gasteiger partial charge in [0.25, 0.3) is 0 Å². The van der Waals surface area contributed by atoms with E-state index in [4.69, 9.17) is 14.2 Å². The monoisotopic (exact) mass is 1110 g/mol. The summed E-state index contributed by atoms with van der Waals surface area (Å²) in [6.07, 6.45) is 90.4. The molecule has 0 aromatic rings. The van der Waals surface area contributed by atoms with Crippen molar-refractivity contribution in [3.05, 3.63) is 85.1 Å². The van der Waals surface area contributed by atoms with Gasteiger partial charge in [-0.3, -0.25) is 14.4 Å². The molecule has 80 heavy (non-hydrogen) atoms. The summed E-state index contributed by atoms with van der Waals surface area (Å²) in [4.78, 5) is 38.3. The standard InChI is InChI=1S/C74H130O6/c1-4-7-10-13-16-19-22-24-26-28-30-32-34-36-38-39-41-43-45-47-49-52-55-58-61-64-67-73(76)79-70-71(69-78-72(75)66-63-60-57-54-51-21-18-15-12-9-6-3)80-74(77)68-65-62-59-56-53-50-48-46-44-42-40-37-35-33-31-29-27-25-23-20-17-14-11-8-5-2/h8,11,17,20,25,27,31,33,37,40,44,46,50,53,71H,4-7,9-10,12-16,18-19,21-24,26,28-30,32,34-36,38-39,41-43,45,47-49,51-52,54-70H2,1-3H3/b11-8-,20-17-,27-25-,33-31-,40-37-,46-44-,53-50-. The highest BCUT2D eigenvalue weighted by atomic mass is 16.6. The number of ether oxygens (including phenoxy) is 3. The Kier molecular flexibility index (Phi) is 65.2. The third kappa shape index (κ3) is 65.4. The Balaban J connectivity index is 4.28. The fourth-order valence-electron chi connectivity index (χ4n) is 10.0. The lowest BCUT2D eigenvalue weighted by atomic mass is 10.0.